The smallest absolute Gasteiger partial charge is 0.410 e. The van der Waals surface area contributed by atoms with Gasteiger partial charge in [0.15, 0.2) is 0 Å². The molecule has 0 radical (unpaired) electrons. The lowest BCUT2D eigenvalue weighted by atomic mass is 10.0. The summed E-state index contributed by atoms with van der Waals surface area (Å²) < 4.78 is 19.1. The van der Waals surface area contributed by atoms with Crippen LogP contribution in [0.25, 0.3) is 0 Å². The van der Waals surface area contributed by atoms with Crippen molar-refractivity contribution in [3.8, 4) is 0 Å². The molecule has 1 saturated heterocycles. The number of alkyl halides is 1. The Hall–Kier alpha value is -0.840. The SMILES string of the molecule is CC(C)(C)OC(=O)N1C[C@@H](F)CC1[C@H]1[C@H](N)C1(C)C. The van der Waals surface area contributed by atoms with E-state index in [1.807, 2.05) is 20.8 Å². The zero-order chi connectivity index (χ0) is 14.6. The van der Waals surface area contributed by atoms with E-state index in [0.717, 1.165) is 0 Å². The Morgan fingerprint density at radius 2 is 1.95 bits per heavy atom. The summed E-state index contributed by atoms with van der Waals surface area (Å²) in [6, 6.07) is -0.0948. The summed E-state index contributed by atoms with van der Waals surface area (Å²) in [5.74, 6) is 0.167. The zero-order valence-electron chi connectivity index (χ0n) is 12.4. The molecule has 1 amide bonds. The molecule has 0 aromatic heterocycles. The Bertz CT molecular complexity index is 378. The van der Waals surface area contributed by atoms with Gasteiger partial charge in [0.2, 0.25) is 0 Å². The number of halogens is 1. The second-order valence-corrected chi connectivity index (χ2v) is 7.41. The predicted molar refractivity (Wildman–Crippen MR) is 71.5 cm³/mol. The Morgan fingerprint density at radius 3 is 2.37 bits per heavy atom. The van der Waals surface area contributed by atoms with Crippen molar-refractivity contribution in [3.05, 3.63) is 0 Å². The highest BCUT2D eigenvalue weighted by atomic mass is 19.1. The molecule has 0 spiro atoms. The molecule has 1 aliphatic carbocycles. The van der Waals surface area contributed by atoms with Gasteiger partial charge < -0.3 is 15.4 Å². The summed E-state index contributed by atoms with van der Waals surface area (Å²) >= 11 is 0. The molecule has 5 heteroatoms. The van der Waals surface area contributed by atoms with Crippen LogP contribution in [0.15, 0.2) is 0 Å². The normalized spacial score (nSPS) is 37.3. The minimum Gasteiger partial charge on any atom is -0.444 e. The Kier molecular flexibility index (Phi) is 3.32. The topological polar surface area (TPSA) is 55.6 Å². The van der Waals surface area contributed by atoms with Crippen molar-refractivity contribution in [3.63, 3.8) is 0 Å². The number of ether oxygens (including phenoxy) is 1. The monoisotopic (exact) mass is 272 g/mol. The van der Waals surface area contributed by atoms with Crippen molar-refractivity contribution in [2.45, 2.75) is 64.9 Å². The van der Waals surface area contributed by atoms with Crippen LogP contribution in [-0.4, -0.2) is 41.4 Å². The lowest BCUT2D eigenvalue weighted by Crippen LogP contribution is -2.42. The average Bonchev–Trinajstić information content (AvgIpc) is 2.54. The van der Waals surface area contributed by atoms with E-state index in [1.165, 1.54) is 4.90 Å². The maximum Gasteiger partial charge on any atom is 0.410 e. The van der Waals surface area contributed by atoms with E-state index >= 15 is 0 Å². The van der Waals surface area contributed by atoms with Gasteiger partial charge in [-0.25, -0.2) is 9.18 Å². The molecular formula is C14H25FN2O2. The molecule has 4 nitrogen and oxygen atoms in total. The van der Waals surface area contributed by atoms with Crippen molar-refractivity contribution in [2.75, 3.05) is 6.54 Å². The fourth-order valence-electron chi connectivity index (χ4n) is 3.14. The molecule has 110 valence electrons. The van der Waals surface area contributed by atoms with Crippen molar-refractivity contribution in [1.29, 1.82) is 0 Å². The third-order valence-electron chi connectivity index (χ3n) is 4.33. The van der Waals surface area contributed by atoms with E-state index in [2.05, 4.69) is 13.8 Å². The minimum absolute atomic E-state index is 0.0189. The van der Waals surface area contributed by atoms with Crippen LogP contribution in [0.4, 0.5) is 9.18 Å². The van der Waals surface area contributed by atoms with Gasteiger partial charge in [-0.2, -0.15) is 0 Å². The maximum absolute atomic E-state index is 13.7. The van der Waals surface area contributed by atoms with Crippen LogP contribution in [0.1, 0.15) is 41.0 Å². The summed E-state index contributed by atoms with van der Waals surface area (Å²) in [5, 5.41) is 0. The van der Waals surface area contributed by atoms with Crippen LogP contribution >= 0.6 is 0 Å². The molecule has 2 fully saturated rings. The van der Waals surface area contributed by atoms with E-state index in [9.17, 15) is 9.18 Å². The van der Waals surface area contributed by atoms with Crippen LogP contribution in [0.3, 0.4) is 0 Å². The highest BCUT2D eigenvalue weighted by Gasteiger charge is 2.62. The third kappa shape index (κ3) is 2.71. The Labute approximate surface area is 114 Å². The molecule has 4 atom stereocenters. The third-order valence-corrected chi connectivity index (χ3v) is 4.33. The van der Waals surface area contributed by atoms with Gasteiger partial charge in [-0.3, -0.25) is 0 Å². The van der Waals surface area contributed by atoms with Gasteiger partial charge in [0.05, 0.1) is 6.54 Å². The molecule has 1 unspecified atom stereocenters. The first kappa shape index (κ1) is 14.6. The number of nitrogens with zero attached hydrogens (tertiary/aromatic N) is 1. The molecule has 2 rings (SSSR count). The zero-order valence-corrected chi connectivity index (χ0v) is 12.4. The van der Waals surface area contributed by atoms with Gasteiger partial charge in [-0.05, 0) is 26.2 Å². The number of amides is 1. The predicted octanol–water partition coefficient (Wildman–Crippen LogP) is 2.32. The molecule has 1 heterocycles. The van der Waals surface area contributed by atoms with Gasteiger partial charge in [-0.1, -0.05) is 13.8 Å². The van der Waals surface area contributed by atoms with Crippen LogP contribution < -0.4 is 5.73 Å². The molecule has 2 aliphatic rings. The summed E-state index contributed by atoms with van der Waals surface area (Å²) in [4.78, 5) is 13.7. The van der Waals surface area contributed by atoms with Crippen LogP contribution in [0.2, 0.25) is 0 Å². The number of rotatable bonds is 1. The first-order valence-corrected chi connectivity index (χ1v) is 6.93. The largest absolute Gasteiger partial charge is 0.444 e. The van der Waals surface area contributed by atoms with E-state index in [1.54, 1.807) is 0 Å². The van der Waals surface area contributed by atoms with Gasteiger partial charge >= 0.3 is 6.09 Å². The Balaban J connectivity index is 2.09. The van der Waals surface area contributed by atoms with Gasteiger partial charge in [0, 0.05) is 24.4 Å². The quantitative estimate of drug-likeness (QED) is 0.797. The molecule has 0 aromatic carbocycles. The van der Waals surface area contributed by atoms with E-state index < -0.39 is 17.9 Å². The first-order chi connectivity index (χ1) is 8.54. The van der Waals surface area contributed by atoms with E-state index in [-0.39, 0.29) is 30.0 Å². The second-order valence-electron chi connectivity index (χ2n) is 7.41. The van der Waals surface area contributed by atoms with Gasteiger partial charge in [0.25, 0.3) is 0 Å². The standard InChI is InChI=1S/C14H25FN2O2/c1-13(2,3)19-12(18)17-7-8(15)6-9(17)10-11(16)14(10,4)5/h8-11H,6-7,16H2,1-5H3/t8-,9?,10-,11-/m0/s1. The summed E-state index contributed by atoms with van der Waals surface area (Å²) in [6.45, 7) is 9.71. The lowest BCUT2D eigenvalue weighted by molar-refractivity contribution is 0.0193. The fourth-order valence-corrected chi connectivity index (χ4v) is 3.14. The number of nitrogens with two attached hydrogens (primary N) is 1. The van der Waals surface area contributed by atoms with Crippen molar-refractivity contribution >= 4 is 6.09 Å². The van der Waals surface area contributed by atoms with E-state index in [4.69, 9.17) is 10.5 Å². The molecule has 1 saturated carbocycles. The van der Waals surface area contributed by atoms with Gasteiger partial charge in [-0.15, -0.1) is 0 Å². The maximum atomic E-state index is 13.7. The highest BCUT2D eigenvalue weighted by molar-refractivity contribution is 5.69. The summed E-state index contributed by atoms with van der Waals surface area (Å²) in [5.41, 5.74) is 5.48. The molecule has 0 aromatic rings. The molecule has 1 aliphatic heterocycles. The summed E-state index contributed by atoms with van der Waals surface area (Å²) in [6.07, 6.45) is -1.02. The summed E-state index contributed by atoms with van der Waals surface area (Å²) in [7, 11) is 0. The van der Waals surface area contributed by atoms with Crippen molar-refractivity contribution in [2.24, 2.45) is 17.1 Å². The lowest BCUT2D eigenvalue weighted by Gasteiger charge is -2.29. The van der Waals surface area contributed by atoms with Crippen LogP contribution in [0.5, 0.6) is 0 Å². The van der Waals surface area contributed by atoms with Gasteiger partial charge in [0.1, 0.15) is 11.8 Å². The number of carbonyl (C=O) groups is 1. The van der Waals surface area contributed by atoms with Crippen molar-refractivity contribution < 1.29 is 13.9 Å². The molecule has 19 heavy (non-hydrogen) atoms. The van der Waals surface area contributed by atoms with Crippen LogP contribution in [0, 0.1) is 11.3 Å². The van der Waals surface area contributed by atoms with Crippen molar-refractivity contribution in [1.82, 2.24) is 4.90 Å². The number of carbonyl (C=O) groups excluding carboxylic acids is 1. The average molecular weight is 272 g/mol. The highest BCUT2D eigenvalue weighted by Crippen LogP contribution is 2.55. The van der Waals surface area contributed by atoms with Crippen LogP contribution in [-0.2, 0) is 4.74 Å². The minimum atomic E-state index is -0.971. The number of likely N-dealkylation sites (tertiary alicyclic amines) is 1. The first-order valence-electron chi connectivity index (χ1n) is 6.93. The molecular weight excluding hydrogens is 247 g/mol. The second kappa shape index (κ2) is 4.33. The number of hydrogen-bond acceptors (Lipinski definition) is 3. The fraction of sp³-hybridized carbons (Fsp3) is 0.929. The Morgan fingerprint density at radius 1 is 1.42 bits per heavy atom. The molecule has 2 N–H and O–H groups in total. The van der Waals surface area contributed by atoms with E-state index in [0.29, 0.717) is 6.42 Å². The number of hydrogen-bond donors (Lipinski definition) is 1. The molecule has 0 bridgehead atoms.